The summed E-state index contributed by atoms with van der Waals surface area (Å²) in [4.78, 5) is 2.41. The molecule has 1 heterocycles. The van der Waals surface area contributed by atoms with E-state index >= 15 is 0 Å². The second-order valence-electron chi connectivity index (χ2n) is 13.7. The van der Waals surface area contributed by atoms with Gasteiger partial charge in [-0.1, -0.05) is 129 Å². The second-order valence-corrected chi connectivity index (χ2v) is 13.7. The molecule has 0 atom stereocenters. The number of hydrogen-bond donors (Lipinski definition) is 0. The molecule has 228 valence electrons. The Balaban J connectivity index is 1.27. The lowest BCUT2D eigenvalue weighted by Crippen LogP contribution is -2.32. The first-order valence-electron chi connectivity index (χ1n) is 16.8. The zero-order valence-corrected chi connectivity index (χ0v) is 26.9. The molecule has 0 N–H and O–H groups in total. The van der Waals surface area contributed by atoms with Crippen molar-refractivity contribution < 1.29 is 4.74 Å². The molecule has 2 nitrogen and oxygen atoms in total. The number of anilines is 3. The van der Waals surface area contributed by atoms with E-state index in [1.807, 2.05) is 0 Å². The van der Waals surface area contributed by atoms with E-state index in [0.717, 1.165) is 22.9 Å². The Morgan fingerprint density at radius 2 is 0.958 bits per heavy atom. The van der Waals surface area contributed by atoms with Gasteiger partial charge in [0.05, 0.1) is 11.1 Å². The van der Waals surface area contributed by atoms with Crippen molar-refractivity contribution in [2.45, 2.75) is 24.7 Å². The van der Waals surface area contributed by atoms with Gasteiger partial charge in [-0.3, -0.25) is 0 Å². The largest absolute Gasteiger partial charge is 0.457 e. The highest BCUT2D eigenvalue weighted by molar-refractivity contribution is 5.94. The maximum atomic E-state index is 6.92. The van der Waals surface area contributed by atoms with Crippen LogP contribution in [0.1, 0.15) is 47.2 Å². The molecule has 48 heavy (non-hydrogen) atoms. The molecule has 2 aliphatic carbocycles. The van der Waals surface area contributed by atoms with Crippen LogP contribution in [-0.4, -0.2) is 0 Å². The minimum atomic E-state index is -0.489. The Kier molecular flexibility index (Phi) is 5.58. The molecule has 2 heteroatoms. The predicted octanol–water partition coefficient (Wildman–Crippen LogP) is 11.9. The second kappa shape index (κ2) is 9.82. The highest BCUT2D eigenvalue weighted by atomic mass is 16.5. The van der Waals surface area contributed by atoms with Crippen LogP contribution in [0, 0.1) is 0 Å². The summed E-state index contributed by atoms with van der Waals surface area (Å²) in [6.07, 6.45) is 0. The van der Waals surface area contributed by atoms with Gasteiger partial charge >= 0.3 is 0 Å². The fraction of sp³-hybridized carbons (Fsp3) is 0.0870. The van der Waals surface area contributed by atoms with Gasteiger partial charge in [-0.25, -0.2) is 0 Å². The fourth-order valence-electron chi connectivity index (χ4n) is 8.97. The first kappa shape index (κ1) is 27.3. The zero-order chi connectivity index (χ0) is 32.0. The van der Waals surface area contributed by atoms with E-state index in [9.17, 15) is 0 Å². The van der Waals surface area contributed by atoms with Gasteiger partial charge in [-0.05, 0) is 93.0 Å². The Labute approximate surface area is 281 Å². The summed E-state index contributed by atoms with van der Waals surface area (Å²) < 4.78 is 6.92. The number of rotatable bonds is 3. The molecular weight excluding hydrogens is 583 g/mol. The number of hydrogen-bond acceptors (Lipinski definition) is 2. The van der Waals surface area contributed by atoms with Crippen molar-refractivity contribution in [3.63, 3.8) is 0 Å². The van der Waals surface area contributed by atoms with Crippen LogP contribution in [0.5, 0.6) is 11.5 Å². The third-order valence-electron chi connectivity index (χ3n) is 10.9. The standard InChI is InChI=1S/C46H33NO/c1-45(2)39-29-43-40(46(38-25-13-14-27-42(38)48-43)36-23-11-9-20-32(36)33-21-10-12-24-37(33)46)28-35(39)34-22-15-26-41(44(34)45)47(30-16-5-3-6-17-30)31-18-7-4-8-19-31/h3-29H,1-2H3. The van der Waals surface area contributed by atoms with Gasteiger partial charge < -0.3 is 9.64 Å². The quantitative estimate of drug-likeness (QED) is 0.196. The molecule has 3 aliphatic rings. The molecule has 0 amide bonds. The highest BCUT2D eigenvalue weighted by Gasteiger charge is 2.52. The van der Waals surface area contributed by atoms with Crippen LogP contribution in [0.4, 0.5) is 17.1 Å². The summed E-state index contributed by atoms with van der Waals surface area (Å²) in [7, 11) is 0. The van der Waals surface area contributed by atoms with E-state index in [0.29, 0.717) is 0 Å². The van der Waals surface area contributed by atoms with Gasteiger partial charge in [0.1, 0.15) is 11.5 Å². The molecule has 0 saturated heterocycles. The fourth-order valence-corrected chi connectivity index (χ4v) is 8.97. The summed E-state index contributed by atoms with van der Waals surface area (Å²) >= 11 is 0. The van der Waals surface area contributed by atoms with Crippen LogP contribution in [0.3, 0.4) is 0 Å². The Hall–Kier alpha value is -5.86. The van der Waals surface area contributed by atoms with Gasteiger partial charge in [-0.2, -0.15) is 0 Å². The average molecular weight is 616 g/mol. The lowest BCUT2D eigenvalue weighted by molar-refractivity contribution is 0.435. The minimum Gasteiger partial charge on any atom is -0.457 e. The van der Waals surface area contributed by atoms with Crippen molar-refractivity contribution in [1.29, 1.82) is 0 Å². The normalized spacial score (nSPS) is 15.0. The lowest BCUT2D eigenvalue weighted by atomic mass is 9.65. The SMILES string of the molecule is CC1(C)c2cc3c(cc2-c2cccc(N(c4ccccc4)c4ccccc4)c21)C1(c2ccccc2O3)c2ccccc2-c2ccccc21. The van der Waals surface area contributed by atoms with Crippen molar-refractivity contribution in [3.8, 4) is 33.8 Å². The van der Waals surface area contributed by atoms with Crippen molar-refractivity contribution in [3.05, 3.63) is 197 Å². The predicted molar refractivity (Wildman–Crippen MR) is 196 cm³/mol. The van der Waals surface area contributed by atoms with E-state index < -0.39 is 5.41 Å². The minimum absolute atomic E-state index is 0.281. The lowest BCUT2D eigenvalue weighted by Gasteiger charge is -2.40. The Morgan fingerprint density at radius 3 is 1.60 bits per heavy atom. The molecule has 7 aromatic carbocycles. The molecule has 1 aliphatic heterocycles. The van der Waals surface area contributed by atoms with Gasteiger partial charge in [0.25, 0.3) is 0 Å². The molecular formula is C46H33NO. The maximum Gasteiger partial charge on any atom is 0.132 e. The summed E-state index contributed by atoms with van der Waals surface area (Å²) in [5.41, 5.74) is 15.5. The first-order chi connectivity index (χ1) is 23.6. The van der Waals surface area contributed by atoms with Gasteiger partial charge in [-0.15, -0.1) is 0 Å². The van der Waals surface area contributed by atoms with Crippen LogP contribution >= 0.6 is 0 Å². The summed E-state index contributed by atoms with van der Waals surface area (Å²) in [6, 6.07) is 59.6. The van der Waals surface area contributed by atoms with Gasteiger partial charge in [0, 0.05) is 27.9 Å². The van der Waals surface area contributed by atoms with E-state index in [2.05, 4.69) is 183 Å². The third-order valence-corrected chi connectivity index (χ3v) is 10.9. The van der Waals surface area contributed by atoms with Crippen LogP contribution in [0.25, 0.3) is 22.3 Å². The number of ether oxygens (including phenoxy) is 1. The van der Waals surface area contributed by atoms with Crippen molar-refractivity contribution in [1.82, 2.24) is 0 Å². The van der Waals surface area contributed by atoms with Crippen molar-refractivity contribution >= 4 is 17.1 Å². The van der Waals surface area contributed by atoms with Crippen molar-refractivity contribution in [2.24, 2.45) is 0 Å². The Morgan fingerprint density at radius 1 is 0.417 bits per heavy atom. The molecule has 7 aromatic rings. The summed E-state index contributed by atoms with van der Waals surface area (Å²) in [5, 5.41) is 0. The zero-order valence-electron chi connectivity index (χ0n) is 26.9. The monoisotopic (exact) mass is 615 g/mol. The number of para-hydroxylation sites is 3. The molecule has 1 spiro atoms. The maximum absolute atomic E-state index is 6.92. The van der Waals surface area contributed by atoms with E-state index in [1.54, 1.807) is 0 Å². The molecule has 0 unspecified atom stereocenters. The van der Waals surface area contributed by atoms with Gasteiger partial charge in [0.15, 0.2) is 0 Å². The molecule has 0 aromatic heterocycles. The topological polar surface area (TPSA) is 12.5 Å². The van der Waals surface area contributed by atoms with Crippen molar-refractivity contribution in [2.75, 3.05) is 4.90 Å². The molecule has 0 saturated carbocycles. The summed E-state index contributed by atoms with van der Waals surface area (Å²) in [5.74, 6) is 1.86. The molecule has 10 rings (SSSR count). The van der Waals surface area contributed by atoms with Crippen LogP contribution in [0.15, 0.2) is 164 Å². The smallest absolute Gasteiger partial charge is 0.132 e. The number of nitrogens with zero attached hydrogens (tertiary/aromatic N) is 1. The Bertz CT molecular complexity index is 2320. The van der Waals surface area contributed by atoms with E-state index in [1.165, 1.54) is 61.3 Å². The van der Waals surface area contributed by atoms with Crippen LogP contribution in [-0.2, 0) is 10.8 Å². The number of benzene rings is 7. The molecule has 0 bridgehead atoms. The van der Waals surface area contributed by atoms with Crippen LogP contribution in [0.2, 0.25) is 0 Å². The van der Waals surface area contributed by atoms with E-state index in [4.69, 9.17) is 4.74 Å². The molecule has 0 fully saturated rings. The summed E-state index contributed by atoms with van der Waals surface area (Å²) in [6.45, 7) is 4.74. The van der Waals surface area contributed by atoms with Crippen LogP contribution < -0.4 is 9.64 Å². The average Bonchev–Trinajstić information content (AvgIpc) is 3.55. The molecule has 0 radical (unpaired) electrons. The third kappa shape index (κ3) is 3.47. The number of fused-ring (bicyclic) bond motifs is 12. The first-order valence-corrected chi connectivity index (χ1v) is 16.8. The highest BCUT2D eigenvalue weighted by Crippen LogP contribution is 2.64. The van der Waals surface area contributed by atoms with Gasteiger partial charge in [0.2, 0.25) is 0 Å². The van der Waals surface area contributed by atoms with E-state index in [-0.39, 0.29) is 5.41 Å².